The lowest BCUT2D eigenvalue weighted by atomic mass is 10.5. The maximum absolute atomic E-state index is 12.5. The first kappa shape index (κ1) is 4.63. The van der Waals surface area contributed by atoms with Crippen LogP contribution in [0, 0.1) is 5.95 Å². The van der Waals surface area contributed by atoms with Crippen molar-refractivity contribution >= 4 is 27.5 Å². The lowest BCUT2D eigenvalue weighted by molar-refractivity contribution is 0.583. The third-order valence-corrected chi connectivity index (χ3v) is 1.20. The third-order valence-electron chi connectivity index (χ3n) is 0.622. The Hall–Kier alpha value is -0.150. The maximum atomic E-state index is 12.5. The molecule has 4 heteroatoms. The second-order valence-corrected chi connectivity index (χ2v) is 2.41. The SMILES string of the molecule is [2H]c1c(F)nc(Cl)c([2H])c1Br. The zero-order valence-electron chi connectivity index (χ0n) is 6.08. The second kappa shape index (κ2) is 2.62. The quantitative estimate of drug-likeness (QED) is 0.603. The average Bonchev–Trinajstić information content (AvgIpc) is 1.97. The van der Waals surface area contributed by atoms with E-state index in [2.05, 4.69) is 20.9 Å². The molecule has 0 aromatic carbocycles. The molecule has 1 heterocycles. The highest BCUT2D eigenvalue weighted by molar-refractivity contribution is 9.10. The highest BCUT2D eigenvalue weighted by atomic mass is 79.9. The summed E-state index contributed by atoms with van der Waals surface area (Å²) in [5, 5.41) is -0.245. The molecule has 1 aromatic rings. The van der Waals surface area contributed by atoms with Crippen LogP contribution < -0.4 is 0 Å². The fraction of sp³-hybridized carbons (Fsp3) is 0. The van der Waals surface area contributed by atoms with E-state index in [4.69, 9.17) is 14.3 Å². The Morgan fingerprint density at radius 2 is 2.44 bits per heavy atom. The molecule has 48 valence electrons. The van der Waals surface area contributed by atoms with Gasteiger partial charge in [-0.3, -0.25) is 0 Å². The van der Waals surface area contributed by atoms with Gasteiger partial charge < -0.3 is 0 Å². The number of hydrogen-bond donors (Lipinski definition) is 0. The minimum Gasteiger partial charge on any atom is -0.208 e. The van der Waals surface area contributed by atoms with Crippen molar-refractivity contribution in [3.8, 4) is 0 Å². The van der Waals surface area contributed by atoms with E-state index in [1.807, 2.05) is 0 Å². The lowest BCUT2D eigenvalue weighted by Crippen LogP contribution is -1.80. The molecule has 0 N–H and O–H groups in total. The molecule has 0 saturated carbocycles. The summed E-state index contributed by atoms with van der Waals surface area (Å²) in [7, 11) is 0. The van der Waals surface area contributed by atoms with Crippen LogP contribution in [0.15, 0.2) is 16.6 Å². The number of nitrogens with zero attached hydrogens (tertiary/aromatic N) is 1. The predicted molar refractivity (Wildman–Crippen MR) is 36.9 cm³/mol. The highest BCUT2D eigenvalue weighted by Gasteiger charge is 1.95. The first-order valence-corrected chi connectivity index (χ1v) is 3.19. The number of halogens is 3. The van der Waals surface area contributed by atoms with Gasteiger partial charge in [0.1, 0.15) is 5.15 Å². The van der Waals surface area contributed by atoms with Gasteiger partial charge in [-0.15, -0.1) is 0 Å². The van der Waals surface area contributed by atoms with Crippen molar-refractivity contribution in [3.05, 3.63) is 27.7 Å². The van der Waals surface area contributed by atoms with Gasteiger partial charge in [-0.1, -0.05) is 27.5 Å². The molecule has 0 fully saturated rings. The van der Waals surface area contributed by atoms with Crippen LogP contribution in [0.1, 0.15) is 2.74 Å². The largest absolute Gasteiger partial charge is 0.215 e. The van der Waals surface area contributed by atoms with E-state index in [0.29, 0.717) is 0 Å². The van der Waals surface area contributed by atoms with Crippen molar-refractivity contribution in [3.63, 3.8) is 0 Å². The predicted octanol–water partition coefficient (Wildman–Crippen LogP) is 2.64. The number of hydrogen-bond acceptors (Lipinski definition) is 1. The topological polar surface area (TPSA) is 12.9 Å². The normalized spacial score (nSPS) is 12.8. The van der Waals surface area contributed by atoms with Crippen LogP contribution in [0.25, 0.3) is 0 Å². The van der Waals surface area contributed by atoms with Crippen LogP contribution >= 0.6 is 27.5 Å². The Morgan fingerprint density at radius 3 is 3.11 bits per heavy atom. The Kier molecular flexibility index (Phi) is 1.35. The molecule has 1 aromatic heterocycles. The van der Waals surface area contributed by atoms with E-state index in [9.17, 15) is 4.39 Å². The molecule has 0 bridgehead atoms. The Bertz CT molecular complexity index is 281. The highest BCUT2D eigenvalue weighted by Crippen LogP contribution is 2.14. The van der Waals surface area contributed by atoms with Crippen LogP contribution in [-0.2, 0) is 0 Å². The molecule has 0 aliphatic heterocycles. The number of aromatic nitrogens is 1. The van der Waals surface area contributed by atoms with Gasteiger partial charge in [-0.25, -0.2) is 4.98 Å². The van der Waals surface area contributed by atoms with Gasteiger partial charge >= 0.3 is 0 Å². The van der Waals surface area contributed by atoms with Gasteiger partial charge in [0.05, 0.1) is 2.74 Å². The summed E-state index contributed by atoms with van der Waals surface area (Å²) < 4.78 is 26.7. The summed E-state index contributed by atoms with van der Waals surface area (Å²) in [6.45, 7) is 0. The second-order valence-electron chi connectivity index (χ2n) is 1.26. The Balaban J connectivity index is 3.46. The third kappa shape index (κ3) is 1.91. The molecular formula is C5H2BrClFN. The molecule has 0 radical (unpaired) electrons. The van der Waals surface area contributed by atoms with E-state index in [1.165, 1.54) is 0 Å². The van der Waals surface area contributed by atoms with Crippen molar-refractivity contribution in [2.75, 3.05) is 0 Å². The monoisotopic (exact) mass is 211 g/mol. The van der Waals surface area contributed by atoms with E-state index in [-0.39, 0.29) is 15.7 Å². The molecule has 0 amide bonds. The zero-order chi connectivity index (χ0) is 8.59. The molecule has 9 heavy (non-hydrogen) atoms. The van der Waals surface area contributed by atoms with Crippen LogP contribution in [-0.4, -0.2) is 4.98 Å². The van der Waals surface area contributed by atoms with Gasteiger partial charge in [0, 0.05) is 10.5 Å². The molecule has 0 spiro atoms. The summed E-state index contributed by atoms with van der Waals surface area (Å²) in [4.78, 5) is 3.13. The standard InChI is InChI=1S/C5H2BrClFN/c6-3-1-4(7)9-5(8)2-3/h1-2H/i1D,2D. The maximum Gasteiger partial charge on any atom is 0.215 e. The number of pyridine rings is 1. The van der Waals surface area contributed by atoms with Crippen molar-refractivity contribution < 1.29 is 7.13 Å². The molecule has 1 nitrogen and oxygen atoms in total. The van der Waals surface area contributed by atoms with Gasteiger partial charge in [-0.2, -0.15) is 4.39 Å². The van der Waals surface area contributed by atoms with Gasteiger partial charge in [0.25, 0.3) is 0 Å². The first-order valence-electron chi connectivity index (χ1n) is 3.01. The molecular weight excluding hydrogens is 208 g/mol. The molecule has 0 aliphatic rings. The van der Waals surface area contributed by atoms with Crippen molar-refractivity contribution in [2.24, 2.45) is 0 Å². The number of rotatable bonds is 0. The van der Waals surface area contributed by atoms with Crippen LogP contribution in [0.3, 0.4) is 0 Å². The lowest BCUT2D eigenvalue weighted by Gasteiger charge is -1.90. The van der Waals surface area contributed by atoms with E-state index >= 15 is 0 Å². The van der Waals surface area contributed by atoms with Crippen molar-refractivity contribution in [2.45, 2.75) is 0 Å². The summed E-state index contributed by atoms with van der Waals surface area (Å²) >= 11 is 8.18. The summed E-state index contributed by atoms with van der Waals surface area (Å²) in [6.07, 6.45) is 0. The fourth-order valence-electron chi connectivity index (χ4n) is 0.354. The van der Waals surface area contributed by atoms with Crippen molar-refractivity contribution in [1.82, 2.24) is 4.98 Å². The van der Waals surface area contributed by atoms with Gasteiger partial charge in [0.15, 0.2) is 0 Å². The summed E-state index contributed by atoms with van der Waals surface area (Å²) in [6, 6.07) is -0.613. The first-order chi connectivity index (χ1) is 5.04. The summed E-state index contributed by atoms with van der Waals surface area (Å²) in [5.74, 6) is -0.974. The van der Waals surface area contributed by atoms with Crippen LogP contribution in [0.2, 0.25) is 5.15 Å². The summed E-state index contributed by atoms with van der Waals surface area (Å²) in [5.41, 5.74) is 0. The molecule has 0 saturated heterocycles. The van der Waals surface area contributed by atoms with Gasteiger partial charge in [-0.05, 0) is 6.04 Å². The fourth-order valence-corrected chi connectivity index (χ4v) is 0.989. The van der Waals surface area contributed by atoms with Crippen molar-refractivity contribution in [1.29, 1.82) is 0 Å². The smallest absolute Gasteiger partial charge is 0.208 e. The van der Waals surface area contributed by atoms with E-state index < -0.39 is 12.0 Å². The Morgan fingerprint density at radius 1 is 1.78 bits per heavy atom. The molecule has 0 atom stereocenters. The minimum absolute atomic E-state index is 0.0231. The van der Waals surface area contributed by atoms with E-state index in [0.717, 1.165) is 0 Å². The van der Waals surface area contributed by atoms with Crippen LogP contribution in [0.5, 0.6) is 0 Å². The van der Waals surface area contributed by atoms with Crippen LogP contribution in [0.4, 0.5) is 4.39 Å². The molecule has 1 rings (SSSR count). The van der Waals surface area contributed by atoms with Gasteiger partial charge in [0.2, 0.25) is 5.95 Å². The minimum atomic E-state index is -0.974. The Labute approximate surface area is 67.8 Å². The zero-order valence-corrected chi connectivity index (χ0v) is 6.42. The molecule has 0 unspecified atom stereocenters. The molecule has 0 aliphatic carbocycles. The van der Waals surface area contributed by atoms with E-state index in [1.54, 1.807) is 0 Å². The average molecular weight is 212 g/mol.